The van der Waals surface area contributed by atoms with Crippen LogP contribution in [-0.2, 0) is 0 Å². The van der Waals surface area contributed by atoms with Crippen LogP contribution in [-0.4, -0.2) is 5.78 Å². The Bertz CT molecular complexity index is 640. The quantitative estimate of drug-likeness (QED) is 0.589. The van der Waals surface area contributed by atoms with Gasteiger partial charge in [0.25, 0.3) is 0 Å². The number of hydrogen-bond acceptors (Lipinski definition) is 3. The lowest BCUT2D eigenvalue weighted by molar-refractivity contribution is 0.103. The summed E-state index contributed by atoms with van der Waals surface area (Å²) in [6, 6.07) is 10.5. The van der Waals surface area contributed by atoms with Crippen molar-refractivity contribution in [3.05, 3.63) is 65.2 Å². The fourth-order valence-electron chi connectivity index (χ4n) is 2.31. The Hall–Kier alpha value is -2.55. The molecule has 0 heterocycles. The van der Waals surface area contributed by atoms with E-state index in [-0.39, 0.29) is 5.78 Å². The Kier molecular flexibility index (Phi) is 2.04. The standard InChI is InChI=1S/C15H12N2O/c1-8-11-4-2-10(17)7-14(11)15(18)12-5-3-9(16)6-13(8)12/h2-7H,1,16-17H2. The third-order valence-corrected chi connectivity index (χ3v) is 3.23. The molecule has 0 radical (unpaired) electrons. The van der Waals surface area contributed by atoms with E-state index in [1.165, 1.54) is 0 Å². The number of hydrogen-bond donors (Lipinski definition) is 2. The molecule has 0 unspecified atom stereocenters. The Morgan fingerprint density at radius 2 is 1.33 bits per heavy atom. The van der Waals surface area contributed by atoms with Crippen LogP contribution in [0.5, 0.6) is 0 Å². The van der Waals surface area contributed by atoms with Gasteiger partial charge in [-0.2, -0.15) is 0 Å². The Morgan fingerprint density at radius 3 is 2.00 bits per heavy atom. The Morgan fingerprint density at radius 1 is 0.778 bits per heavy atom. The van der Waals surface area contributed by atoms with Crippen LogP contribution in [0.1, 0.15) is 27.0 Å². The first-order valence-electron chi connectivity index (χ1n) is 5.61. The molecule has 2 aromatic rings. The van der Waals surface area contributed by atoms with Crippen LogP contribution in [0.15, 0.2) is 43.0 Å². The minimum Gasteiger partial charge on any atom is -0.399 e. The summed E-state index contributed by atoms with van der Waals surface area (Å²) in [4.78, 5) is 12.4. The summed E-state index contributed by atoms with van der Waals surface area (Å²) in [5.74, 6) is -0.0281. The van der Waals surface area contributed by atoms with Gasteiger partial charge in [0.05, 0.1) is 0 Å². The van der Waals surface area contributed by atoms with Gasteiger partial charge in [-0.25, -0.2) is 0 Å². The number of fused-ring (bicyclic) bond motifs is 2. The first-order valence-corrected chi connectivity index (χ1v) is 5.61. The van der Waals surface area contributed by atoms with Crippen LogP contribution in [0, 0.1) is 0 Å². The number of carbonyl (C=O) groups excluding carboxylic acids is 1. The summed E-state index contributed by atoms with van der Waals surface area (Å²) in [5.41, 5.74) is 16.4. The first-order chi connectivity index (χ1) is 8.58. The monoisotopic (exact) mass is 236 g/mol. The molecule has 0 fully saturated rings. The van der Waals surface area contributed by atoms with Gasteiger partial charge in [-0.3, -0.25) is 4.79 Å². The lowest BCUT2D eigenvalue weighted by atomic mass is 9.82. The van der Waals surface area contributed by atoms with Crippen LogP contribution in [0.2, 0.25) is 0 Å². The molecule has 18 heavy (non-hydrogen) atoms. The van der Waals surface area contributed by atoms with Crippen molar-refractivity contribution in [3.8, 4) is 0 Å². The molecule has 3 heteroatoms. The molecule has 0 amide bonds. The van der Waals surface area contributed by atoms with Crippen LogP contribution < -0.4 is 11.5 Å². The van der Waals surface area contributed by atoms with Gasteiger partial charge in [-0.1, -0.05) is 12.6 Å². The van der Waals surface area contributed by atoms with Crippen LogP contribution in [0.25, 0.3) is 5.57 Å². The maximum atomic E-state index is 12.4. The average Bonchev–Trinajstić information content (AvgIpc) is 2.36. The number of ketones is 1. The number of nitrogen functional groups attached to an aromatic ring is 2. The fraction of sp³-hybridized carbons (Fsp3) is 0. The van der Waals surface area contributed by atoms with Gasteiger partial charge in [0, 0.05) is 22.5 Å². The number of benzene rings is 2. The summed E-state index contributed by atoms with van der Waals surface area (Å²) in [7, 11) is 0. The molecule has 3 nitrogen and oxygen atoms in total. The molecule has 3 rings (SSSR count). The Labute approximate surface area is 105 Å². The molecule has 0 atom stereocenters. The van der Waals surface area contributed by atoms with Crippen molar-refractivity contribution in [1.29, 1.82) is 0 Å². The van der Waals surface area contributed by atoms with E-state index in [1.54, 1.807) is 30.3 Å². The Balaban J connectivity index is 2.31. The molecule has 1 aliphatic rings. The number of rotatable bonds is 0. The molecule has 0 saturated carbocycles. The van der Waals surface area contributed by atoms with Crippen LogP contribution in [0.4, 0.5) is 11.4 Å². The van der Waals surface area contributed by atoms with E-state index >= 15 is 0 Å². The van der Waals surface area contributed by atoms with Crippen molar-refractivity contribution < 1.29 is 4.79 Å². The van der Waals surface area contributed by atoms with E-state index in [1.807, 2.05) is 6.07 Å². The molecule has 1 aliphatic carbocycles. The third kappa shape index (κ3) is 1.34. The second kappa shape index (κ2) is 3.47. The predicted octanol–water partition coefficient (Wildman–Crippen LogP) is 2.46. The second-order valence-electron chi connectivity index (χ2n) is 4.42. The lowest BCUT2D eigenvalue weighted by Gasteiger charge is -2.21. The molecular weight excluding hydrogens is 224 g/mol. The number of carbonyl (C=O) groups is 1. The summed E-state index contributed by atoms with van der Waals surface area (Å²) < 4.78 is 0. The maximum Gasteiger partial charge on any atom is 0.194 e. The smallest absolute Gasteiger partial charge is 0.194 e. The van der Waals surface area contributed by atoms with Crippen LogP contribution >= 0.6 is 0 Å². The molecule has 0 saturated heterocycles. The lowest BCUT2D eigenvalue weighted by Crippen LogP contribution is -2.14. The van der Waals surface area contributed by atoms with Crippen molar-refractivity contribution in [1.82, 2.24) is 0 Å². The normalized spacial score (nSPS) is 13.1. The molecule has 0 aliphatic heterocycles. The van der Waals surface area contributed by atoms with Crippen molar-refractivity contribution in [2.45, 2.75) is 0 Å². The van der Waals surface area contributed by atoms with E-state index in [0.717, 1.165) is 16.7 Å². The SMILES string of the molecule is C=C1c2cc(N)ccc2C(=O)c2cc(N)ccc21. The molecular formula is C15H12N2O. The number of nitrogens with two attached hydrogens (primary N) is 2. The summed E-state index contributed by atoms with van der Waals surface area (Å²) >= 11 is 0. The van der Waals surface area contributed by atoms with E-state index in [2.05, 4.69) is 6.58 Å². The maximum absolute atomic E-state index is 12.4. The number of anilines is 2. The van der Waals surface area contributed by atoms with E-state index in [0.29, 0.717) is 22.5 Å². The molecule has 2 aromatic carbocycles. The average molecular weight is 236 g/mol. The van der Waals surface area contributed by atoms with E-state index < -0.39 is 0 Å². The van der Waals surface area contributed by atoms with Crippen molar-refractivity contribution in [2.75, 3.05) is 11.5 Å². The van der Waals surface area contributed by atoms with Gasteiger partial charge < -0.3 is 11.5 Å². The van der Waals surface area contributed by atoms with Crippen molar-refractivity contribution in [2.24, 2.45) is 0 Å². The van der Waals surface area contributed by atoms with E-state index in [9.17, 15) is 4.79 Å². The molecule has 0 aromatic heterocycles. The topological polar surface area (TPSA) is 69.1 Å². The highest BCUT2D eigenvalue weighted by molar-refractivity contribution is 6.19. The predicted molar refractivity (Wildman–Crippen MR) is 73.3 cm³/mol. The van der Waals surface area contributed by atoms with Crippen molar-refractivity contribution in [3.63, 3.8) is 0 Å². The highest BCUT2D eigenvalue weighted by atomic mass is 16.1. The van der Waals surface area contributed by atoms with Crippen LogP contribution in [0.3, 0.4) is 0 Å². The molecule has 4 N–H and O–H groups in total. The molecule has 0 spiro atoms. The molecule has 0 bridgehead atoms. The van der Waals surface area contributed by atoms with Gasteiger partial charge in [-0.15, -0.1) is 0 Å². The largest absolute Gasteiger partial charge is 0.399 e. The zero-order valence-corrected chi connectivity index (χ0v) is 9.73. The summed E-state index contributed by atoms with van der Waals surface area (Å²) in [6.07, 6.45) is 0. The third-order valence-electron chi connectivity index (χ3n) is 3.23. The van der Waals surface area contributed by atoms with Gasteiger partial charge in [0.15, 0.2) is 5.78 Å². The van der Waals surface area contributed by atoms with Gasteiger partial charge in [0.1, 0.15) is 0 Å². The zero-order chi connectivity index (χ0) is 12.9. The molecule has 88 valence electrons. The second-order valence-corrected chi connectivity index (χ2v) is 4.42. The summed E-state index contributed by atoms with van der Waals surface area (Å²) in [5, 5.41) is 0. The minimum absolute atomic E-state index is 0.0281. The van der Waals surface area contributed by atoms with Gasteiger partial charge >= 0.3 is 0 Å². The van der Waals surface area contributed by atoms with E-state index in [4.69, 9.17) is 11.5 Å². The minimum atomic E-state index is -0.0281. The first kappa shape index (κ1) is 10.6. The fourth-order valence-corrected chi connectivity index (χ4v) is 2.31. The highest BCUT2D eigenvalue weighted by Gasteiger charge is 2.25. The van der Waals surface area contributed by atoms with Crippen molar-refractivity contribution >= 4 is 22.7 Å². The van der Waals surface area contributed by atoms with Gasteiger partial charge in [-0.05, 0) is 47.0 Å². The van der Waals surface area contributed by atoms with Gasteiger partial charge in [0.2, 0.25) is 0 Å². The zero-order valence-electron chi connectivity index (χ0n) is 9.73. The highest BCUT2D eigenvalue weighted by Crippen LogP contribution is 2.36. The summed E-state index contributed by atoms with van der Waals surface area (Å²) in [6.45, 7) is 4.05.